The summed E-state index contributed by atoms with van der Waals surface area (Å²) < 4.78 is 10.8. The highest BCUT2D eigenvalue weighted by atomic mass is 16.5. The average molecular weight is 371 g/mol. The lowest BCUT2D eigenvalue weighted by Crippen LogP contribution is -1.98. The Kier molecular flexibility index (Phi) is 5.06. The number of methoxy groups -OCH3 is 2. The minimum Gasteiger partial charge on any atom is -0.493 e. The van der Waals surface area contributed by atoms with Gasteiger partial charge in [0.25, 0.3) is 0 Å². The number of hydrogen-bond donors (Lipinski definition) is 1. The molecule has 0 spiro atoms. The molecule has 0 fully saturated rings. The van der Waals surface area contributed by atoms with Gasteiger partial charge in [0.2, 0.25) is 0 Å². The van der Waals surface area contributed by atoms with Crippen LogP contribution < -0.4 is 14.8 Å². The summed E-state index contributed by atoms with van der Waals surface area (Å²) in [5.74, 6) is 2.01. The Morgan fingerprint density at radius 1 is 0.786 bits per heavy atom. The summed E-state index contributed by atoms with van der Waals surface area (Å²) >= 11 is 0. The molecule has 0 atom stereocenters. The van der Waals surface area contributed by atoms with Crippen molar-refractivity contribution in [3.05, 3.63) is 84.2 Å². The Bertz CT molecular complexity index is 1080. The van der Waals surface area contributed by atoms with Gasteiger partial charge in [0.05, 0.1) is 19.7 Å². The van der Waals surface area contributed by atoms with Gasteiger partial charge in [0, 0.05) is 17.1 Å². The molecule has 5 heteroatoms. The minimum atomic E-state index is 0.643. The quantitative estimate of drug-likeness (QED) is 0.518. The van der Waals surface area contributed by atoms with Crippen molar-refractivity contribution >= 4 is 22.4 Å². The maximum Gasteiger partial charge on any atom is 0.162 e. The van der Waals surface area contributed by atoms with Crippen molar-refractivity contribution in [2.75, 3.05) is 19.5 Å². The number of rotatable bonds is 6. The maximum atomic E-state index is 5.41. The van der Waals surface area contributed by atoms with Crippen LogP contribution in [0.4, 0.5) is 11.5 Å². The Hall–Kier alpha value is -3.60. The van der Waals surface area contributed by atoms with Gasteiger partial charge in [-0.2, -0.15) is 0 Å². The number of nitrogens with one attached hydrogen (secondary N) is 1. The van der Waals surface area contributed by atoms with Crippen molar-refractivity contribution < 1.29 is 9.47 Å². The van der Waals surface area contributed by atoms with Gasteiger partial charge in [-0.25, -0.2) is 9.97 Å². The van der Waals surface area contributed by atoms with Crippen molar-refractivity contribution in [2.24, 2.45) is 0 Å². The van der Waals surface area contributed by atoms with Gasteiger partial charge < -0.3 is 14.8 Å². The topological polar surface area (TPSA) is 56.3 Å². The van der Waals surface area contributed by atoms with Crippen molar-refractivity contribution in [1.82, 2.24) is 9.97 Å². The number of anilines is 2. The molecule has 0 aliphatic carbocycles. The summed E-state index contributed by atoms with van der Waals surface area (Å²) in [5.41, 5.74) is 4.31. The van der Waals surface area contributed by atoms with Crippen LogP contribution >= 0.6 is 0 Å². The van der Waals surface area contributed by atoms with Crippen LogP contribution in [-0.2, 0) is 6.42 Å². The Balaban J connectivity index is 1.59. The van der Waals surface area contributed by atoms with E-state index in [9.17, 15) is 0 Å². The van der Waals surface area contributed by atoms with Crippen molar-refractivity contribution in [3.8, 4) is 11.5 Å². The van der Waals surface area contributed by atoms with E-state index in [-0.39, 0.29) is 0 Å². The Labute approximate surface area is 164 Å². The van der Waals surface area contributed by atoms with E-state index < -0.39 is 0 Å². The second-order valence-corrected chi connectivity index (χ2v) is 6.43. The van der Waals surface area contributed by atoms with Gasteiger partial charge in [0.15, 0.2) is 11.5 Å². The third kappa shape index (κ3) is 3.74. The summed E-state index contributed by atoms with van der Waals surface area (Å²) in [7, 11) is 3.23. The lowest BCUT2D eigenvalue weighted by atomic mass is 10.0. The van der Waals surface area contributed by atoms with E-state index >= 15 is 0 Å². The zero-order valence-electron chi connectivity index (χ0n) is 15.8. The first-order valence-electron chi connectivity index (χ1n) is 9.03. The molecule has 0 bridgehead atoms. The van der Waals surface area contributed by atoms with Gasteiger partial charge in [-0.3, -0.25) is 0 Å². The second kappa shape index (κ2) is 7.96. The SMILES string of the molecule is COc1cc2ncnc(Nc3ccc(Cc4ccccc4)cc3)c2cc1OC. The first-order chi connectivity index (χ1) is 13.8. The lowest BCUT2D eigenvalue weighted by molar-refractivity contribution is 0.356. The van der Waals surface area contributed by atoms with Crippen LogP contribution in [0, 0.1) is 0 Å². The molecular weight excluding hydrogens is 350 g/mol. The molecule has 0 aliphatic heterocycles. The highest BCUT2D eigenvalue weighted by Gasteiger charge is 2.11. The standard InChI is InChI=1S/C23H21N3O2/c1-27-21-13-19-20(14-22(21)28-2)24-15-25-23(19)26-18-10-8-17(9-11-18)12-16-6-4-3-5-7-16/h3-11,13-15H,12H2,1-2H3,(H,24,25,26). The minimum absolute atomic E-state index is 0.643. The first kappa shape index (κ1) is 17.8. The maximum absolute atomic E-state index is 5.41. The smallest absolute Gasteiger partial charge is 0.162 e. The highest BCUT2D eigenvalue weighted by molar-refractivity contribution is 5.93. The summed E-state index contributed by atoms with van der Waals surface area (Å²) in [6, 6.07) is 22.6. The lowest BCUT2D eigenvalue weighted by Gasteiger charge is -2.12. The van der Waals surface area contributed by atoms with E-state index in [0.29, 0.717) is 11.5 Å². The van der Waals surface area contributed by atoms with Gasteiger partial charge in [-0.15, -0.1) is 0 Å². The van der Waals surface area contributed by atoms with Gasteiger partial charge in [-0.05, 0) is 35.7 Å². The zero-order valence-corrected chi connectivity index (χ0v) is 15.8. The highest BCUT2D eigenvalue weighted by Crippen LogP contribution is 2.34. The van der Waals surface area contributed by atoms with Crippen LogP contribution in [-0.4, -0.2) is 24.2 Å². The molecule has 3 aromatic carbocycles. The molecule has 4 aromatic rings. The molecule has 0 amide bonds. The van der Waals surface area contributed by atoms with E-state index in [1.807, 2.05) is 18.2 Å². The van der Waals surface area contributed by atoms with E-state index in [4.69, 9.17) is 9.47 Å². The van der Waals surface area contributed by atoms with Gasteiger partial charge in [0.1, 0.15) is 12.1 Å². The molecule has 28 heavy (non-hydrogen) atoms. The van der Waals surface area contributed by atoms with E-state index in [2.05, 4.69) is 63.8 Å². The van der Waals surface area contributed by atoms with Crippen LogP contribution in [0.5, 0.6) is 11.5 Å². The van der Waals surface area contributed by atoms with Crippen molar-refractivity contribution in [1.29, 1.82) is 0 Å². The fourth-order valence-corrected chi connectivity index (χ4v) is 3.16. The molecule has 1 heterocycles. The largest absolute Gasteiger partial charge is 0.493 e. The third-order valence-electron chi connectivity index (χ3n) is 4.61. The second-order valence-electron chi connectivity index (χ2n) is 6.43. The fourth-order valence-electron chi connectivity index (χ4n) is 3.16. The van der Waals surface area contributed by atoms with Crippen molar-refractivity contribution in [3.63, 3.8) is 0 Å². The number of nitrogens with zero attached hydrogens (tertiary/aromatic N) is 2. The molecule has 1 aromatic heterocycles. The summed E-state index contributed by atoms with van der Waals surface area (Å²) in [6.07, 6.45) is 2.45. The molecule has 5 nitrogen and oxygen atoms in total. The van der Waals surface area contributed by atoms with Crippen LogP contribution in [0.3, 0.4) is 0 Å². The molecule has 0 aliphatic rings. The molecule has 0 saturated heterocycles. The molecule has 0 saturated carbocycles. The fraction of sp³-hybridized carbons (Fsp3) is 0.130. The van der Waals surface area contributed by atoms with E-state index in [1.165, 1.54) is 11.1 Å². The molecular formula is C23H21N3O2. The van der Waals surface area contributed by atoms with Crippen molar-refractivity contribution in [2.45, 2.75) is 6.42 Å². The predicted molar refractivity (Wildman–Crippen MR) is 112 cm³/mol. The molecule has 0 radical (unpaired) electrons. The van der Waals surface area contributed by atoms with Crippen LogP contribution in [0.25, 0.3) is 10.9 Å². The molecule has 4 rings (SSSR count). The van der Waals surface area contributed by atoms with Gasteiger partial charge >= 0.3 is 0 Å². The van der Waals surface area contributed by atoms with Crippen LogP contribution in [0.2, 0.25) is 0 Å². The molecule has 0 unspecified atom stereocenters. The Morgan fingerprint density at radius 3 is 2.18 bits per heavy atom. The number of benzene rings is 3. The van der Waals surface area contributed by atoms with Crippen LogP contribution in [0.15, 0.2) is 73.1 Å². The third-order valence-corrected chi connectivity index (χ3v) is 4.61. The monoisotopic (exact) mass is 371 g/mol. The van der Waals surface area contributed by atoms with E-state index in [0.717, 1.165) is 28.8 Å². The van der Waals surface area contributed by atoms with E-state index in [1.54, 1.807) is 20.5 Å². The zero-order chi connectivity index (χ0) is 19.3. The predicted octanol–water partition coefficient (Wildman–Crippen LogP) is 4.98. The molecule has 1 N–H and O–H groups in total. The molecule has 140 valence electrons. The number of fused-ring (bicyclic) bond motifs is 1. The number of aromatic nitrogens is 2. The summed E-state index contributed by atoms with van der Waals surface area (Å²) in [6.45, 7) is 0. The van der Waals surface area contributed by atoms with Gasteiger partial charge in [-0.1, -0.05) is 42.5 Å². The average Bonchev–Trinajstić information content (AvgIpc) is 2.75. The number of hydrogen-bond acceptors (Lipinski definition) is 5. The first-order valence-corrected chi connectivity index (χ1v) is 9.03. The summed E-state index contributed by atoms with van der Waals surface area (Å²) in [5, 5.41) is 4.25. The van der Waals surface area contributed by atoms with Crippen LogP contribution in [0.1, 0.15) is 11.1 Å². The summed E-state index contributed by atoms with van der Waals surface area (Å²) in [4.78, 5) is 8.75. The number of ether oxygens (including phenoxy) is 2. The Morgan fingerprint density at radius 2 is 1.46 bits per heavy atom. The normalized spacial score (nSPS) is 10.6.